The Hall–Kier alpha value is -0.410. The summed E-state index contributed by atoms with van der Waals surface area (Å²) in [6.07, 6.45) is 6.97. The van der Waals surface area contributed by atoms with Gasteiger partial charge in [-0.05, 0) is 31.1 Å². The molecule has 3 heteroatoms. The molecule has 17 heavy (non-hydrogen) atoms. The second-order valence-electron chi connectivity index (χ2n) is 5.30. The van der Waals surface area contributed by atoms with Crippen molar-refractivity contribution in [3.05, 3.63) is 0 Å². The Balaban J connectivity index is 0.000000249. The Morgan fingerprint density at radius 3 is 2.41 bits per heavy atom. The maximum Gasteiger partial charge on any atom is 0.149 e. The quantitative estimate of drug-likeness (QED) is 0.822. The van der Waals surface area contributed by atoms with Gasteiger partial charge in [-0.3, -0.25) is 4.79 Å². The number of hydrogen-bond acceptors (Lipinski definition) is 3. The first-order valence-electron chi connectivity index (χ1n) is 6.92. The lowest BCUT2D eigenvalue weighted by Crippen LogP contribution is -2.31. The van der Waals surface area contributed by atoms with E-state index in [1.165, 1.54) is 19.3 Å². The van der Waals surface area contributed by atoms with Crippen LogP contribution in [0.2, 0.25) is 0 Å². The van der Waals surface area contributed by atoms with Gasteiger partial charge in [-0.1, -0.05) is 20.3 Å². The van der Waals surface area contributed by atoms with Gasteiger partial charge in [-0.15, -0.1) is 0 Å². The number of Topliss-reactive ketones (excluding diaryl/α,β-unsaturated/α-hetero) is 1. The van der Waals surface area contributed by atoms with Crippen LogP contribution in [0.5, 0.6) is 0 Å². The Labute approximate surface area is 105 Å². The maximum absolute atomic E-state index is 11.4. The molecular formula is C14H27NO2. The minimum absolute atomic E-state index is 0.190. The molecule has 1 heterocycles. The minimum Gasteiger partial charge on any atom is -0.385 e. The van der Waals surface area contributed by atoms with Gasteiger partial charge in [0.05, 0.1) is 6.04 Å². The first kappa shape index (κ1) is 14.7. The highest BCUT2D eigenvalue weighted by molar-refractivity contribution is 5.84. The summed E-state index contributed by atoms with van der Waals surface area (Å²) in [6.45, 7) is 6.02. The van der Waals surface area contributed by atoms with E-state index in [-0.39, 0.29) is 6.04 Å². The third-order valence-electron chi connectivity index (χ3n) is 3.92. The molecule has 2 fully saturated rings. The lowest BCUT2D eigenvalue weighted by atomic mass is 9.67. The number of hydrogen-bond donors (Lipinski definition) is 1. The first-order valence-corrected chi connectivity index (χ1v) is 6.92. The van der Waals surface area contributed by atoms with Crippen molar-refractivity contribution in [1.82, 2.24) is 5.32 Å². The standard InChI is InChI=1S/C10H17NO.C4H10O/c1-2-9(12)8-6-10(7-11-8)4-3-5-10;1-3-4-5-2/h8,11H,2-7H2,1H3;3-4H2,1-2H3. The zero-order chi connectivity index (χ0) is 12.7. The predicted octanol–water partition coefficient (Wildman–Crippen LogP) is 2.54. The molecule has 0 radical (unpaired) electrons. The van der Waals surface area contributed by atoms with Crippen molar-refractivity contribution in [2.45, 2.75) is 58.4 Å². The normalized spacial score (nSPS) is 25.0. The summed E-state index contributed by atoms with van der Waals surface area (Å²) >= 11 is 0. The molecule has 1 saturated heterocycles. The van der Waals surface area contributed by atoms with Crippen LogP contribution in [-0.4, -0.2) is 32.1 Å². The van der Waals surface area contributed by atoms with Crippen LogP contribution in [0, 0.1) is 5.41 Å². The van der Waals surface area contributed by atoms with E-state index in [0.29, 0.717) is 17.6 Å². The summed E-state index contributed by atoms with van der Waals surface area (Å²) in [4.78, 5) is 11.4. The van der Waals surface area contributed by atoms with Crippen LogP contribution in [0.3, 0.4) is 0 Å². The van der Waals surface area contributed by atoms with Gasteiger partial charge >= 0.3 is 0 Å². The molecule has 0 aromatic carbocycles. The second-order valence-corrected chi connectivity index (χ2v) is 5.30. The number of carbonyl (C=O) groups excluding carboxylic acids is 1. The molecule has 100 valence electrons. The molecule has 1 aliphatic heterocycles. The van der Waals surface area contributed by atoms with Gasteiger partial charge in [0.2, 0.25) is 0 Å². The number of carbonyl (C=O) groups is 1. The van der Waals surface area contributed by atoms with Gasteiger partial charge < -0.3 is 10.1 Å². The third-order valence-corrected chi connectivity index (χ3v) is 3.92. The monoisotopic (exact) mass is 241 g/mol. The van der Waals surface area contributed by atoms with E-state index < -0.39 is 0 Å². The molecule has 3 nitrogen and oxygen atoms in total. The van der Waals surface area contributed by atoms with Crippen LogP contribution in [-0.2, 0) is 9.53 Å². The average molecular weight is 241 g/mol. The zero-order valence-electron chi connectivity index (χ0n) is 11.6. The van der Waals surface area contributed by atoms with E-state index in [2.05, 4.69) is 12.2 Å². The van der Waals surface area contributed by atoms with Crippen molar-refractivity contribution in [1.29, 1.82) is 0 Å². The number of nitrogens with one attached hydrogen (secondary N) is 1. The maximum atomic E-state index is 11.4. The number of ether oxygens (including phenoxy) is 1. The summed E-state index contributed by atoms with van der Waals surface area (Å²) in [5.41, 5.74) is 0.537. The summed E-state index contributed by atoms with van der Waals surface area (Å²) in [5.74, 6) is 0.402. The molecule has 0 amide bonds. The zero-order valence-corrected chi connectivity index (χ0v) is 11.6. The molecule has 1 unspecified atom stereocenters. The number of rotatable bonds is 4. The van der Waals surface area contributed by atoms with Crippen molar-refractivity contribution in [2.75, 3.05) is 20.3 Å². The van der Waals surface area contributed by atoms with Crippen LogP contribution in [0.4, 0.5) is 0 Å². The Kier molecular flexibility index (Phi) is 6.14. The van der Waals surface area contributed by atoms with Crippen molar-refractivity contribution in [2.24, 2.45) is 5.41 Å². The van der Waals surface area contributed by atoms with E-state index in [1.807, 2.05) is 6.92 Å². The summed E-state index contributed by atoms with van der Waals surface area (Å²) < 4.78 is 4.69. The molecule has 1 atom stereocenters. The van der Waals surface area contributed by atoms with Crippen LogP contribution >= 0.6 is 0 Å². The van der Waals surface area contributed by atoms with Gasteiger partial charge in [0.15, 0.2) is 0 Å². The van der Waals surface area contributed by atoms with Gasteiger partial charge in [-0.2, -0.15) is 0 Å². The lowest BCUT2D eigenvalue weighted by Gasteiger charge is -2.37. The van der Waals surface area contributed by atoms with E-state index in [0.717, 1.165) is 26.0 Å². The van der Waals surface area contributed by atoms with E-state index in [9.17, 15) is 4.79 Å². The number of methoxy groups -OCH3 is 1. The Morgan fingerprint density at radius 1 is 1.41 bits per heavy atom. The van der Waals surface area contributed by atoms with Crippen molar-refractivity contribution in [3.8, 4) is 0 Å². The first-order chi connectivity index (χ1) is 8.17. The van der Waals surface area contributed by atoms with E-state index in [1.54, 1.807) is 7.11 Å². The molecular weight excluding hydrogens is 214 g/mol. The van der Waals surface area contributed by atoms with Gasteiger partial charge in [0.1, 0.15) is 5.78 Å². The summed E-state index contributed by atoms with van der Waals surface area (Å²) in [6, 6.07) is 0.190. The van der Waals surface area contributed by atoms with Gasteiger partial charge in [0.25, 0.3) is 0 Å². The van der Waals surface area contributed by atoms with Crippen LogP contribution < -0.4 is 5.32 Å². The predicted molar refractivity (Wildman–Crippen MR) is 70.2 cm³/mol. The Morgan fingerprint density at radius 2 is 2.12 bits per heavy atom. The Bertz CT molecular complexity index is 234. The van der Waals surface area contributed by atoms with Crippen molar-refractivity contribution < 1.29 is 9.53 Å². The molecule has 2 rings (SSSR count). The fourth-order valence-corrected chi connectivity index (χ4v) is 2.65. The largest absolute Gasteiger partial charge is 0.385 e. The lowest BCUT2D eigenvalue weighted by molar-refractivity contribution is -0.120. The third kappa shape index (κ3) is 4.07. The van der Waals surface area contributed by atoms with Gasteiger partial charge in [0, 0.05) is 26.7 Å². The van der Waals surface area contributed by atoms with Crippen molar-refractivity contribution in [3.63, 3.8) is 0 Å². The fraction of sp³-hybridized carbons (Fsp3) is 0.929. The highest BCUT2D eigenvalue weighted by Gasteiger charge is 2.44. The van der Waals surface area contributed by atoms with E-state index >= 15 is 0 Å². The topological polar surface area (TPSA) is 38.3 Å². The fourth-order valence-electron chi connectivity index (χ4n) is 2.65. The molecule has 1 spiro atoms. The van der Waals surface area contributed by atoms with Crippen LogP contribution in [0.15, 0.2) is 0 Å². The number of ketones is 1. The molecule has 0 aromatic heterocycles. The molecule has 1 aliphatic carbocycles. The van der Waals surface area contributed by atoms with Crippen molar-refractivity contribution >= 4 is 5.78 Å². The molecule has 1 saturated carbocycles. The molecule has 0 aromatic rings. The molecule has 1 N–H and O–H groups in total. The summed E-state index contributed by atoms with van der Waals surface area (Å²) in [7, 11) is 1.71. The SMILES string of the molecule is CCC(=O)C1CC2(CCC2)CN1.CCCOC. The van der Waals surface area contributed by atoms with Gasteiger partial charge in [-0.25, -0.2) is 0 Å². The van der Waals surface area contributed by atoms with E-state index in [4.69, 9.17) is 4.74 Å². The second kappa shape index (κ2) is 7.12. The van der Waals surface area contributed by atoms with Crippen LogP contribution in [0.1, 0.15) is 52.4 Å². The summed E-state index contributed by atoms with van der Waals surface area (Å²) in [5, 5.41) is 3.35. The van der Waals surface area contributed by atoms with Crippen LogP contribution in [0.25, 0.3) is 0 Å². The minimum atomic E-state index is 0.190. The highest BCUT2D eigenvalue weighted by atomic mass is 16.5. The molecule has 2 aliphatic rings. The molecule has 0 bridgehead atoms. The average Bonchev–Trinajstić information content (AvgIpc) is 2.75. The highest BCUT2D eigenvalue weighted by Crippen LogP contribution is 2.47. The smallest absolute Gasteiger partial charge is 0.149 e.